The Kier molecular flexibility index (Phi) is 4.65. The lowest BCUT2D eigenvalue weighted by Crippen LogP contribution is -2.03. The summed E-state index contributed by atoms with van der Waals surface area (Å²) in [6.45, 7) is -0.916. The molecule has 0 aliphatic heterocycles. The number of alkyl halides is 1. The highest BCUT2D eigenvalue weighted by Gasteiger charge is 2.11. The monoisotopic (exact) mass is 234 g/mol. The molecule has 0 aliphatic carbocycles. The van der Waals surface area contributed by atoms with Gasteiger partial charge in [0.15, 0.2) is 11.5 Å². The van der Waals surface area contributed by atoms with Gasteiger partial charge in [0.05, 0.1) is 13.7 Å². The molecule has 0 amide bonds. The van der Waals surface area contributed by atoms with Crippen LogP contribution in [0.5, 0.6) is 11.5 Å². The lowest BCUT2D eigenvalue weighted by Gasteiger charge is -2.13. The van der Waals surface area contributed by atoms with Crippen LogP contribution in [0.4, 0.5) is 4.39 Å². The maximum Gasteiger partial charge on any atom is 0.166 e. The summed E-state index contributed by atoms with van der Waals surface area (Å²) in [7, 11) is 1.45. The van der Waals surface area contributed by atoms with Crippen molar-refractivity contribution in [2.24, 2.45) is 0 Å². The molecule has 1 N–H and O–H groups in total. The van der Waals surface area contributed by atoms with Crippen LogP contribution >= 0.6 is 11.6 Å². The molecule has 0 spiro atoms. The smallest absolute Gasteiger partial charge is 0.166 e. The summed E-state index contributed by atoms with van der Waals surface area (Å²) in [6, 6.07) is 3.10. The maximum absolute atomic E-state index is 12.0. The average Bonchev–Trinajstić information content (AvgIpc) is 2.26. The number of methoxy groups -OCH3 is 1. The molecule has 1 aromatic carbocycles. The number of hydrogen-bond donors (Lipinski definition) is 1. The zero-order valence-electron chi connectivity index (χ0n) is 8.30. The van der Waals surface area contributed by atoms with Gasteiger partial charge in [-0.1, -0.05) is 11.6 Å². The Balaban J connectivity index is 3.06. The van der Waals surface area contributed by atoms with Crippen LogP contribution < -0.4 is 9.47 Å². The average molecular weight is 235 g/mol. The second-order valence-corrected chi connectivity index (χ2v) is 3.23. The van der Waals surface area contributed by atoms with E-state index >= 15 is 0 Å². The summed E-state index contributed by atoms with van der Waals surface area (Å²) in [4.78, 5) is 0. The number of rotatable bonds is 5. The van der Waals surface area contributed by atoms with Crippen molar-refractivity contribution in [3.8, 4) is 11.5 Å². The first-order valence-electron chi connectivity index (χ1n) is 4.39. The molecule has 84 valence electrons. The van der Waals surface area contributed by atoms with Crippen LogP contribution in [-0.2, 0) is 6.61 Å². The van der Waals surface area contributed by atoms with Gasteiger partial charge < -0.3 is 14.6 Å². The minimum absolute atomic E-state index is 0.0784. The van der Waals surface area contributed by atoms with Gasteiger partial charge in [0.2, 0.25) is 0 Å². The molecule has 5 heteroatoms. The standard InChI is InChI=1S/C10H12ClFO3/c1-14-9-5-8(11)4-7(6-13)10(9)15-3-2-12/h4-5,13H,2-3,6H2,1H3. The molecule has 0 unspecified atom stereocenters. The van der Waals surface area contributed by atoms with Crippen LogP contribution in [0.15, 0.2) is 12.1 Å². The van der Waals surface area contributed by atoms with Gasteiger partial charge in [-0.25, -0.2) is 4.39 Å². The van der Waals surface area contributed by atoms with Gasteiger partial charge in [-0.05, 0) is 6.07 Å². The number of aliphatic hydroxyl groups is 1. The van der Waals surface area contributed by atoms with E-state index in [2.05, 4.69) is 0 Å². The van der Waals surface area contributed by atoms with Gasteiger partial charge in [-0.2, -0.15) is 0 Å². The third-order valence-electron chi connectivity index (χ3n) is 1.81. The molecular formula is C10H12ClFO3. The molecule has 0 aromatic heterocycles. The predicted octanol–water partition coefficient (Wildman–Crippen LogP) is 2.19. The minimum Gasteiger partial charge on any atom is -0.493 e. The highest BCUT2D eigenvalue weighted by molar-refractivity contribution is 6.30. The second kappa shape index (κ2) is 5.78. The highest BCUT2D eigenvalue weighted by atomic mass is 35.5. The third-order valence-corrected chi connectivity index (χ3v) is 2.03. The van der Waals surface area contributed by atoms with Crippen molar-refractivity contribution in [1.82, 2.24) is 0 Å². The van der Waals surface area contributed by atoms with E-state index in [0.717, 1.165) is 0 Å². The largest absolute Gasteiger partial charge is 0.493 e. The number of aliphatic hydroxyl groups excluding tert-OH is 1. The van der Waals surface area contributed by atoms with Crippen molar-refractivity contribution in [2.75, 3.05) is 20.4 Å². The molecule has 3 nitrogen and oxygen atoms in total. The Hall–Kier alpha value is -1.00. The van der Waals surface area contributed by atoms with Crippen LogP contribution in [0.3, 0.4) is 0 Å². The molecule has 15 heavy (non-hydrogen) atoms. The molecular weight excluding hydrogens is 223 g/mol. The molecule has 0 aliphatic rings. The summed E-state index contributed by atoms with van der Waals surface area (Å²) in [5.74, 6) is 0.724. The van der Waals surface area contributed by atoms with Gasteiger partial charge in [-0.15, -0.1) is 0 Å². The lowest BCUT2D eigenvalue weighted by atomic mass is 10.2. The Bertz CT molecular complexity index is 305. The Morgan fingerprint density at radius 3 is 2.73 bits per heavy atom. The van der Waals surface area contributed by atoms with Crippen LogP contribution in [0.1, 0.15) is 5.56 Å². The van der Waals surface area contributed by atoms with E-state index in [1.54, 1.807) is 12.1 Å². The number of benzene rings is 1. The number of hydrogen-bond acceptors (Lipinski definition) is 3. The second-order valence-electron chi connectivity index (χ2n) is 2.79. The molecule has 0 radical (unpaired) electrons. The van der Waals surface area contributed by atoms with Crippen molar-refractivity contribution in [3.05, 3.63) is 22.7 Å². The first-order valence-corrected chi connectivity index (χ1v) is 4.76. The summed E-state index contributed by atoms with van der Waals surface area (Å²) in [5, 5.41) is 9.51. The zero-order chi connectivity index (χ0) is 11.3. The Morgan fingerprint density at radius 1 is 1.47 bits per heavy atom. The normalized spacial score (nSPS) is 10.1. The third kappa shape index (κ3) is 2.97. The molecule has 1 rings (SSSR count). The van der Waals surface area contributed by atoms with Crippen LogP contribution in [-0.4, -0.2) is 25.5 Å². The summed E-state index contributed by atoms with van der Waals surface area (Å²) in [5.41, 5.74) is 0.479. The van der Waals surface area contributed by atoms with E-state index in [1.807, 2.05) is 0 Å². The van der Waals surface area contributed by atoms with E-state index in [-0.39, 0.29) is 13.2 Å². The maximum atomic E-state index is 12.0. The first kappa shape index (κ1) is 12.1. The van der Waals surface area contributed by atoms with Gasteiger partial charge >= 0.3 is 0 Å². The molecule has 0 saturated carbocycles. The predicted molar refractivity (Wildman–Crippen MR) is 55.4 cm³/mol. The van der Waals surface area contributed by atoms with Gasteiger partial charge in [0.1, 0.15) is 13.3 Å². The molecule has 1 aromatic rings. The van der Waals surface area contributed by atoms with E-state index < -0.39 is 6.67 Å². The Morgan fingerprint density at radius 2 is 2.20 bits per heavy atom. The van der Waals surface area contributed by atoms with Crippen molar-refractivity contribution >= 4 is 11.6 Å². The van der Waals surface area contributed by atoms with E-state index in [0.29, 0.717) is 22.1 Å². The van der Waals surface area contributed by atoms with Crippen LogP contribution in [0.2, 0.25) is 5.02 Å². The number of halogens is 2. The quantitative estimate of drug-likeness (QED) is 0.849. The summed E-state index contributed by atoms with van der Waals surface area (Å²) >= 11 is 5.79. The van der Waals surface area contributed by atoms with Crippen molar-refractivity contribution in [1.29, 1.82) is 0 Å². The summed E-state index contributed by atoms with van der Waals surface area (Å²) < 4.78 is 22.1. The molecule has 0 bridgehead atoms. The van der Waals surface area contributed by atoms with Crippen molar-refractivity contribution in [3.63, 3.8) is 0 Å². The van der Waals surface area contributed by atoms with E-state index in [4.69, 9.17) is 26.2 Å². The van der Waals surface area contributed by atoms with Gasteiger partial charge in [-0.3, -0.25) is 0 Å². The minimum atomic E-state index is -0.601. The first-order chi connectivity index (χ1) is 7.22. The topological polar surface area (TPSA) is 38.7 Å². The highest BCUT2D eigenvalue weighted by Crippen LogP contribution is 2.34. The molecule has 0 heterocycles. The van der Waals surface area contributed by atoms with Gasteiger partial charge in [0, 0.05) is 16.7 Å². The van der Waals surface area contributed by atoms with Crippen LogP contribution in [0.25, 0.3) is 0 Å². The zero-order valence-corrected chi connectivity index (χ0v) is 9.05. The van der Waals surface area contributed by atoms with E-state index in [9.17, 15) is 4.39 Å². The fraction of sp³-hybridized carbons (Fsp3) is 0.400. The fourth-order valence-corrected chi connectivity index (χ4v) is 1.43. The van der Waals surface area contributed by atoms with E-state index in [1.165, 1.54) is 7.11 Å². The SMILES string of the molecule is COc1cc(Cl)cc(CO)c1OCCF. The fourth-order valence-electron chi connectivity index (χ4n) is 1.20. The molecule has 0 atom stereocenters. The summed E-state index contributed by atoms with van der Waals surface area (Å²) in [6.07, 6.45) is 0. The number of ether oxygens (including phenoxy) is 2. The molecule has 0 fully saturated rings. The molecule has 0 saturated heterocycles. The van der Waals surface area contributed by atoms with Crippen molar-refractivity contribution in [2.45, 2.75) is 6.61 Å². The van der Waals surface area contributed by atoms with Crippen molar-refractivity contribution < 1.29 is 19.0 Å². The van der Waals surface area contributed by atoms with Crippen LogP contribution in [0, 0.1) is 0 Å². The Labute approximate surface area is 92.4 Å². The van der Waals surface area contributed by atoms with Gasteiger partial charge in [0.25, 0.3) is 0 Å². The lowest BCUT2D eigenvalue weighted by molar-refractivity contribution is 0.239.